The Hall–Kier alpha value is -2.34. The molecule has 1 aromatic heterocycles. The van der Waals surface area contributed by atoms with Gasteiger partial charge in [-0.15, -0.1) is 11.3 Å². The highest BCUT2D eigenvalue weighted by molar-refractivity contribution is 7.10. The third kappa shape index (κ3) is 4.53. The van der Waals surface area contributed by atoms with Crippen LogP contribution in [-0.2, 0) is 16.0 Å². The number of fused-ring (bicyclic) bond motifs is 1. The number of hydrogen-bond acceptors (Lipinski definition) is 4. The van der Waals surface area contributed by atoms with E-state index < -0.39 is 0 Å². The molecular weight excluding hydrogens is 396 g/mol. The number of hydrogen-bond donors (Lipinski definition) is 0. The van der Waals surface area contributed by atoms with E-state index in [1.165, 1.54) is 16.0 Å². The molecule has 2 heterocycles. The van der Waals surface area contributed by atoms with Crippen molar-refractivity contribution in [2.45, 2.75) is 52.1 Å². The molecule has 1 saturated carbocycles. The Morgan fingerprint density at radius 2 is 1.93 bits per heavy atom. The van der Waals surface area contributed by atoms with E-state index in [-0.39, 0.29) is 36.4 Å². The summed E-state index contributed by atoms with van der Waals surface area (Å²) < 4.78 is 6.09. The first-order valence-corrected chi connectivity index (χ1v) is 11.7. The second kappa shape index (κ2) is 8.80. The van der Waals surface area contributed by atoms with Crippen LogP contribution in [0.25, 0.3) is 0 Å². The van der Waals surface area contributed by atoms with Gasteiger partial charge in [-0.2, -0.15) is 0 Å². The van der Waals surface area contributed by atoms with Crippen molar-refractivity contribution in [1.29, 1.82) is 0 Å². The smallest absolute Gasteiger partial charge is 0.242 e. The minimum atomic E-state index is -0.126. The van der Waals surface area contributed by atoms with Crippen LogP contribution < -0.4 is 4.74 Å². The Labute approximate surface area is 182 Å². The number of carbonyl (C=O) groups is 2. The normalized spacial score (nSPS) is 18.3. The average Bonchev–Trinajstić information content (AvgIpc) is 3.47. The average molecular weight is 427 g/mol. The Kier molecular flexibility index (Phi) is 6.14. The quantitative estimate of drug-likeness (QED) is 0.666. The van der Waals surface area contributed by atoms with Crippen LogP contribution in [0, 0.1) is 12.8 Å². The summed E-state index contributed by atoms with van der Waals surface area (Å²) in [7, 11) is 0. The van der Waals surface area contributed by atoms with Gasteiger partial charge in [-0.05, 0) is 69.2 Å². The molecular formula is C24H30N2O3S. The van der Waals surface area contributed by atoms with Gasteiger partial charge in [0.15, 0.2) is 0 Å². The van der Waals surface area contributed by atoms with Crippen molar-refractivity contribution in [2.24, 2.45) is 5.92 Å². The molecule has 0 spiro atoms. The Balaban J connectivity index is 1.50. The van der Waals surface area contributed by atoms with Gasteiger partial charge in [-0.25, -0.2) is 0 Å². The lowest BCUT2D eigenvalue weighted by Gasteiger charge is -2.37. The molecule has 2 amide bonds. The first kappa shape index (κ1) is 20.9. The molecule has 0 saturated heterocycles. The van der Waals surface area contributed by atoms with E-state index >= 15 is 0 Å². The van der Waals surface area contributed by atoms with Gasteiger partial charge in [0.25, 0.3) is 0 Å². The maximum atomic E-state index is 13.3. The Morgan fingerprint density at radius 1 is 1.20 bits per heavy atom. The van der Waals surface area contributed by atoms with Gasteiger partial charge in [0.2, 0.25) is 11.8 Å². The molecule has 160 valence electrons. The molecule has 0 bridgehead atoms. The van der Waals surface area contributed by atoms with E-state index in [0.29, 0.717) is 13.2 Å². The number of benzene rings is 1. The summed E-state index contributed by atoms with van der Waals surface area (Å²) >= 11 is 1.74. The number of ether oxygens (including phenoxy) is 1. The minimum absolute atomic E-state index is 0.00653. The molecule has 1 fully saturated rings. The van der Waals surface area contributed by atoms with Crippen molar-refractivity contribution in [1.82, 2.24) is 9.80 Å². The van der Waals surface area contributed by atoms with E-state index in [1.54, 1.807) is 16.2 Å². The van der Waals surface area contributed by atoms with Crippen LogP contribution in [0.1, 0.15) is 48.7 Å². The molecule has 6 heteroatoms. The van der Waals surface area contributed by atoms with E-state index in [0.717, 1.165) is 25.0 Å². The van der Waals surface area contributed by atoms with Gasteiger partial charge in [0, 0.05) is 23.4 Å². The lowest BCUT2D eigenvalue weighted by Crippen LogP contribution is -2.49. The zero-order chi connectivity index (χ0) is 21.3. The molecule has 1 aliphatic heterocycles. The van der Waals surface area contributed by atoms with Crippen LogP contribution >= 0.6 is 11.3 Å². The third-order valence-corrected chi connectivity index (χ3v) is 6.98. The predicted octanol–water partition coefficient (Wildman–Crippen LogP) is 4.21. The van der Waals surface area contributed by atoms with Crippen LogP contribution in [0.2, 0.25) is 0 Å². The van der Waals surface area contributed by atoms with Gasteiger partial charge < -0.3 is 14.5 Å². The molecule has 0 unspecified atom stereocenters. The first-order valence-electron chi connectivity index (χ1n) is 10.8. The summed E-state index contributed by atoms with van der Waals surface area (Å²) in [6, 6.07) is 9.99. The zero-order valence-electron chi connectivity index (χ0n) is 18.0. The molecule has 1 aliphatic carbocycles. The summed E-state index contributed by atoms with van der Waals surface area (Å²) in [4.78, 5) is 31.0. The molecule has 0 radical (unpaired) electrons. The topological polar surface area (TPSA) is 49.9 Å². The van der Waals surface area contributed by atoms with E-state index in [9.17, 15) is 9.59 Å². The standard InChI is InChI=1S/C24H30N2O3S/c1-16(2)26(24(28)18-6-7-18)14-23(27)25-12-10-22-20(11-13-30-22)21(25)15-29-19-8-4-17(3)5-9-19/h4-5,8-9,11,13,16,18,21H,6-7,10,12,14-15H2,1-3H3/t21-/m0/s1. The highest BCUT2D eigenvalue weighted by Crippen LogP contribution is 2.35. The van der Waals surface area contributed by atoms with Crippen LogP contribution in [-0.4, -0.2) is 47.4 Å². The lowest BCUT2D eigenvalue weighted by atomic mass is 10.00. The molecule has 1 atom stereocenters. The minimum Gasteiger partial charge on any atom is -0.491 e. The van der Waals surface area contributed by atoms with Crippen LogP contribution in [0.3, 0.4) is 0 Å². The maximum Gasteiger partial charge on any atom is 0.242 e. The Morgan fingerprint density at radius 3 is 2.60 bits per heavy atom. The van der Waals surface area contributed by atoms with Crippen LogP contribution in [0.5, 0.6) is 5.75 Å². The summed E-state index contributed by atoms with van der Waals surface area (Å²) in [5.74, 6) is 1.06. The van der Waals surface area contributed by atoms with E-state index in [1.807, 2.05) is 49.9 Å². The number of amides is 2. The van der Waals surface area contributed by atoms with Crippen molar-refractivity contribution < 1.29 is 14.3 Å². The molecule has 2 aromatic rings. The molecule has 1 aromatic carbocycles. The summed E-state index contributed by atoms with van der Waals surface area (Å²) in [5.41, 5.74) is 2.36. The lowest BCUT2D eigenvalue weighted by molar-refractivity contribution is -0.144. The number of aryl methyl sites for hydroxylation is 1. The molecule has 30 heavy (non-hydrogen) atoms. The van der Waals surface area contributed by atoms with E-state index in [4.69, 9.17) is 4.74 Å². The van der Waals surface area contributed by atoms with Crippen molar-refractivity contribution in [3.63, 3.8) is 0 Å². The fraction of sp³-hybridized carbons (Fsp3) is 0.500. The summed E-state index contributed by atoms with van der Waals surface area (Å²) in [5, 5.41) is 2.09. The van der Waals surface area contributed by atoms with Gasteiger partial charge in [0.05, 0.1) is 6.04 Å². The number of nitrogens with zero attached hydrogens (tertiary/aromatic N) is 2. The maximum absolute atomic E-state index is 13.3. The monoisotopic (exact) mass is 426 g/mol. The zero-order valence-corrected chi connectivity index (χ0v) is 18.8. The number of thiophene rings is 1. The summed E-state index contributed by atoms with van der Waals surface area (Å²) in [6.07, 6.45) is 2.76. The molecule has 5 nitrogen and oxygen atoms in total. The van der Waals surface area contributed by atoms with Crippen molar-refractivity contribution in [3.05, 3.63) is 51.7 Å². The van der Waals surface area contributed by atoms with E-state index in [2.05, 4.69) is 11.4 Å². The molecule has 2 aliphatic rings. The van der Waals surface area contributed by atoms with Crippen LogP contribution in [0.15, 0.2) is 35.7 Å². The number of rotatable bonds is 7. The van der Waals surface area contributed by atoms with Crippen LogP contribution in [0.4, 0.5) is 0 Å². The third-order valence-electron chi connectivity index (χ3n) is 5.98. The fourth-order valence-electron chi connectivity index (χ4n) is 4.00. The molecule has 4 rings (SSSR count). The second-order valence-electron chi connectivity index (χ2n) is 8.61. The van der Waals surface area contributed by atoms with Crippen molar-refractivity contribution in [2.75, 3.05) is 19.7 Å². The fourth-order valence-corrected chi connectivity index (χ4v) is 4.93. The van der Waals surface area contributed by atoms with Gasteiger partial charge in [0.1, 0.15) is 18.9 Å². The second-order valence-corrected chi connectivity index (χ2v) is 9.61. The van der Waals surface area contributed by atoms with Crippen molar-refractivity contribution >= 4 is 23.2 Å². The highest BCUT2D eigenvalue weighted by Gasteiger charge is 2.38. The van der Waals surface area contributed by atoms with Gasteiger partial charge in [-0.1, -0.05) is 17.7 Å². The highest BCUT2D eigenvalue weighted by atomic mass is 32.1. The van der Waals surface area contributed by atoms with Gasteiger partial charge >= 0.3 is 0 Å². The Bertz CT molecular complexity index is 901. The first-order chi connectivity index (χ1) is 14.4. The summed E-state index contributed by atoms with van der Waals surface area (Å²) in [6.45, 7) is 7.24. The molecule has 0 N–H and O–H groups in total. The van der Waals surface area contributed by atoms with Gasteiger partial charge in [-0.3, -0.25) is 9.59 Å². The predicted molar refractivity (Wildman–Crippen MR) is 119 cm³/mol. The van der Waals surface area contributed by atoms with Crippen molar-refractivity contribution in [3.8, 4) is 5.75 Å². The number of carbonyl (C=O) groups excluding carboxylic acids is 2. The SMILES string of the molecule is Cc1ccc(OC[C@H]2c3ccsc3CCN2C(=O)CN(C(=O)C2CC2)C(C)C)cc1. The largest absolute Gasteiger partial charge is 0.491 e.